The predicted molar refractivity (Wildman–Crippen MR) is 273 cm³/mol. The van der Waals surface area contributed by atoms with E-state index in [9.17, 15) is 19.2 Å². The molecule has 0 N–H and O–H groups in total. The quantitative estimate of drug-likeness (QED) is 0.109. The van der Waals surface area contributed by atoms with Gasteiger partial charge in [-0.1, -0.05) is 12.1 Å². The Morgan fingerprint density at radius 3 is 0.778 bits per heavy atom. The van der Waals surface area contributed by atoms with Crippen LogP contribution >= 0.6 is 0 Å². The van der Waals surface area contributed by atoms with Gasteiger partial charge < -0.3 is 38.3 Å². The van der Waals surface area contributed by atoms with Crippen LogP contribution < -0.4 is 0 Å². The van der Waals surface area contributed by atoms with Crippen molar-refractivity contribution in [1.82, 2.24) is 20.3 Å². The van der Waals surface area contributed by atoms with Crippen LogP contribution in [0.1, 0.15) is 178 Å². The first kappa shape index (κ1) is 57.3. The third kappa shape index (κ3) is 10.6. The maximum absolute atomic E-state index is 14.5. The molecule has 402 valence electrons. The fourth-order valence-corrected chi connectivity index (χ4v) is 13.7. The van der Waals surface area contributed by atoms with Crippen molar-refractivity contribution in [3.05, 3.63) is 58.7 Å². The van der Waals surface area contributed by atoms with Crippen molar-refractivity contribution in [2.45, 2.75) is 181 Å². The Balaban J connectivity index is 1.35. The lowest BCUT2D eigenvalue weighted by molar-refractivity contribution is -0.224. The molecule has 2 aromatic carbocycles. The predicted octanol–water partition coefficient (Wildman–Crippen LogP) is 9.74. The number of hydrogen-bond acceptors (Lipinski definition) is 16. The van der Waals surface area contributed by atoms with Crippen molar-refractivity contribution in [3.63, 3.8) is 0 Å². The molecule has 0 amide bonds. The van der Waals surface area contributed by atoms with E-state index in [2.05, 4.69) is 111 Å². The molecule has 0 aliphatic carbocycles. The van der Waals surface area contributed by atoms with Gasteiger partial charge in [-0.2, -0.15) is 20.3 Å². The molecule has 4 aliphatic rings. The number of hydroxylamine groups is 8. The Bertz CT molecular complexity index is 2190. The van der Waals surface area contributed by atoms with Gasteiger partial charge in [0.1, 0.15) is 0 Å². The van der Waals surface area contributed by atoms with E-state index in [-0.39, 0.29) is 94.5 Å². The molecule has 4 fully saturated rings. The molecule has 4 atom stereocenters. The van der Waals surface area contributed by atoms with Gasteiger partial charge in [-0.25, -0.2) is 19.2 Å². The molecule has 4 aliphatic heterocycles. The van der Waals surface area contributed by atoms with Gasteiger partial charge in [-0.15, -0.1) is 0 Å². The van der Waals surface area contributed by atoms with Crippen molar-refractivity contribution in [3.8, 4) is 11.1 Å². The minimum absolute atomic E-state index is 0.00529. The molecule has 16 heteroatoms. The minimum atomic E-state index is -0.710. The van der Waals surface area contributed by atoms with Crippen molar-refractivity contribution in [2.75, 3.05) is 54.9 Å². The van der Waals surface area contributed by atoms with E-state index < -0.39 is 46.0 Å². The fraction of sp³-hybridized carbons (Fsp3) is 0.714. The van der Waals surface area contributed by atoms with Crippen molar-refractivity contribution >= 4 is 23.9 Å². The summed E-state index contributed by atoms with van der Waals surface area (Å²) in [6.07, 6.45) is 2.80. The Morgan fingerprint density at radius 1 is 0.375 bits per heavy atom. The number of hydrogen-bond donors (Lipinski definition) is 0. The van der Waals surface area contributed by atoms with Gasteiger partial charge in [0.05, 0.1) is 77.1 Å². The van der Waals surface area contributed by atoms with Gasteiger partial charge in [-0.05, 0) is 172 Å². The van der Waals surface area contributed by atoms with Crippen molar-refractivity contribution in [2.24, 2.45) is 23.7 Å². The third-order valence-electron chi connectivity index (χ3n) is 16.9. The molecule has 6 rings (SSSR count). The SMILES string of the molecule is CON1C(C)(C)CC(COC(=O)c2ccc(-c3ccc(C(=O)OCC4CC(C)(C)N(OC)C4(C)C)c(C(=O)OCC4CC(C)(C)N(OC)C4(C)C)c3)cc2C(=O)OCC2CC(C)(C)N(OC)C2(C)C)C1(C)C. The van der Waals surface area contributed by atoms with Gasteiger partial charge in [0, 0.05) is 68.0 Å². The lowest BCUT2D eigenvalue weighted by Crippen LogP contribution is -2.49. The summed E-state index contributed by atoms with van der Waals surface area (Å²) >= 11 is 0. The first-order valence-corrected chi connectivity index (χ1v) is 25.5. The van der Waals surface area contributed by atoms with E-state index in [1.54, 1.807) is 64.8 Å². The maximum atomic E-state index is 14.5. The zero-order valence-electron chi connectivity index (χ0n) is 47.1. The van der Waals surface area contributed by atoms with Gasteiger partial charge in [-0.3, -0.25) is 0 Å². The molecule has 0 radical (unpaired) electrons. The standard InChI is InChI=1S/C56H86N4O12/c1-49(2)27-37(53(9,10)57(49)65-17)31-69-45(61)41-23-21-35(25-43(41)47(63)71-33-39-29-51(5,6)59(67-19)55(39,13)14)36-22-24-42(46(62)70-32-38-28-50(3,4)58(66-18)54(38,11)12)44(26-36)48(64)72-34-40-30-52(7,8)60(68-20)56(40,15)16/h21-26,37-40H,27-34H2,1-20H3. The Kier molecular flexibility index (Phi) is 16.1. The number of benzene rings is 2. The fourth-order valence-electron chi connectivity index (χ4n) is 13.7. The van der Waals surface area contributed by atoms with Crippen molar-refractivity contribution in [1.29, 1.82) is 0 Å². The van der Waals surface area contributed by atoms with Crippen LogP contribution in [-0.4, -0.2) is 143 Å². The van der Waals surface area contributed by atoms with Crippen LogP contribution in [-0.2, 0) is 38.3 Å². The highest BCUT2D eigenvalue weighted by atomic mass is 16.7. The summed E-state index contributed by atoms with van der Waals surface area (Å²) in [4.78, 5) is 80.7. The minimum Gasteiger partial charge on any atom is -0.462 e. The summed E-state index contributed by atoms with van der Waals surface area (Å²) < 4.78 is 24.3. The van der Waals surface area contributed by atoms with Crippen LogP contribution in [0.15, 0.2) is 36.4 Å². The molecule has 4 heterocycles. The number of esters is 4. The second-order valence-electron chi connectivity index (χ2n) is 25.3. The van der Waals surface area contributed by atoms with Crippen LogP contribution in [0.25, 0.3) is 11.1 Å². The molecule has 0 aromatic heterocycles. The van der Waals surface area contributed by atoms with Gasteiger partial charge in [0.25, 0.3) is 0 Å². The van der Waals surface area contributed by atoms with Gasteiger partial charge >= 0.3 is 23.9 Å². The molecule has 0 bridgehead atoms. The Labute approximate surface area is 429 Å². The molecule has 0 spiro atoms. The topological polar surface area (TPSA) is 155 Å². The molecule has 2 aromatic rings. The zero-order chi connectivity index (χ0) is 53.9. The van der Waals surface area contributed by atoms with Crippen LogP contribution in [0.4, 0.5) is 0 Å². The highest BCUT2D eigenvalue weighted by molar-refractivity contribution is 6.06. The first-order valence-electron chi connectivity index (χ1n) is 25.5. The maximum Gasteiger partial charge on any atom is 0.339 e. The lowest BCUT2D eigenvalue weighted by atomic mass is 9.87. The number of nitrogens with zero attached hydrogens (tertiary/aromatic N) is 4. The number of carbonyl (C=O) groups excluding carboxylic acids is 4. The second kappa shape index (κ2) is 20.3. The van der Waals surface area contributed by atoms with Crippen molar-refractivity contribution < 1.29 is 57.5 Å². The summed E-state index contributed by atoms with van der Waals surface area (Å²) in [5.41, 5.74) is -2.12. The van der Waals surface area contributed by atoms with E-state index >= 15 is 0 Å². The average Bonchev–Trinajstić information content (AvgIpc) is 3.75. The molecular weight excluding hydrogens is 921 g/mol. The normalized spacial score (nSPS) is 26.9. The Hall–Kier alpha value is -4.00. The molecule has 16 nitrogen and oxygen atoms in total. The number of ether oxygens (including phenoxy) is 4. The smallest absolute Gasteiger partial charge is 0.339 e. The van der Waals surface area contributed by atoms with E-state index in [4.69, 9.17) is 38.3 Å². The molecule has 4 unspecified atom stereocenters. The Morgan fingerprint density at radius 2 is 0.583 bits per heavy atom. The van der Waals surface area contributed by atoms with Crippen LogP contribution in [0, 0.1) is 23.7 Å². The summed E-state index contributed by atoms with van der Waals surface area (Å²) in [5, 5.41) is 7.77. The largest absolute Gasteiger partial charge is 0.462 e. The zero-order valence-corrected chi connectivity index (χ0v) is 47.1. The summed E-state index contributed by atoms with van der Waals surface area (Å²) in [6.45, 7) is 33.5. The third-order valence-corrected chi connectivity index (χ3v) is 16.9. The first-order chi connectivity index (χ1) is 33.1. The lowest BCUT2D eigenvalue weighted by Gasteiger charge is -2.39. The average molecular weight is 1010 g/mol. The molecular formula is C56H86N4O12. The second-order valence-corrected chi connectivity index (χ2v) is 25.3. The van der Waals surface area contributed by atoms with E-state index in [1.807, 2.05) is 20.3 Å². The van der Waals surface area contributed by atoms with E-state index in [0.29, 0.717) is 36.8 Å². The highest BCUT2D eigenvalue weighted by Gasteiger charge is 2.56. The van der Waals surface area contributed by atoms with Gasteiger partial charge in [0.15, 0.2) is 0 Å². The van der Waals surface area contributed by atoms with Crippen LogP contribution in [0.2, 0.25) is 0 Å². The monoisotopic (exact) mass is 1010 g/mol. The van der Waals surface area contributed by atoms with Crippen LogP contribution in [0.3, 0.4) is 0 Å². The molecule has 4 saturated heterocycles. The van der Waals surface area contributed by atoms with Crippen LogP contribution in [0.5, 0.6) is 0 Å². The van der Waals surface area contributed by atoms with E-state index in [0.717, 1.165) is 0 Å². The number of carbonyl (C=O) groups is 4. The number of rotatable bonds is 17. The van der Waals surface area contributed by atoms with E-state index in [1.165, 1.54) is 0 Å². The highest BCUT2D eigenvalue weighted by Crippen LogP contribution is 2.48. The summed E-state index contributed by atoms with van der Waals surface area (Å²) in [6, 6.07) is 9.64. The van der Waals surface area contributed by atoms with Gasteiger partial charge in [0.2, 0.25) is 0 Å². The summed E-state index contributed by atoms with van der Waals surface area (Å²) in [7, 11) is 6.57. The molecule has 0 saturated carbocycles. The summed E-state index contributed by atoms with van der Waals surface area (Å²) in [5.74, 6) is -3.13. The molecule has 72 heavy (non-hydrogen) atoms.